The van der Waals surface area contributed by atoms with E-state index in [2.05, 4.69) is 16.6 Å². The summed E-state index contributed by atoms with van der Waals surface area (Å²) in [6, 6.07) is 11.4. The van der Waals surface area contributed by atoms with Crippen LogP contribution in [0.5, 0.6) is 0 Å². The third-order valence-corrected chi connectivity index (χ3v) is 3.20. The van der Waals surface area contributed by atoms with E-state index < -0.39 is 0 Å². The molecule has 2 aromatic rings. The molecule has 0 unspecified atom stereocenters. The highest BCUT2D eigenvalue weighted by Crippen LogP contribution is 2.11. The molecular weight excluding hydrogens is 267 g/mol. The average Bonchev–Trinajstić information content (AvgIpc) is 2.45. The van der Waals surface area contributed by atoms with Gasteiger partial charge in [0.25, 0.3) is 5.91 Å². The quantitative estimate of drug-likeness (QED) is 0.679. The highest BCUT2D eigenvalue weighted by atomic mass is 19.1. The minimum atomic E-state index is -0.374. The molecule has 0 aliphatic heterocycles. The molecule has 0 bridgehead atoms. The maximum atomic E-state index is 12.8. The highest BCUT2D eigenvalue weighted by molar-refractivity contribution is 6.01. The number of hydrazone groups is 1. The molecule has 1 N–H and O–H groups in total. The predicted molar refractivity (Wildman–Crippen MR) is 82.0 cm³/mol. The molecule has 0 saturated heterocycles. The molecule has 21 heavy (non-hydrogen) atoms. The maximum absolute atomic E-state index is 12.8. The van der Waals surface area contributed by atoms with Crippen molar-refractivity contribution in [2.75, 3.05) is 0 Å². The summed E-state index contributed by atoms with van der Waals surface area (Å²) in [7, 11) is 0. The van der Waals surface area contributed by atoms with Gasteiger partial charge in [-0.25, -0.2) is 9.82 Å². The Bertz CT molecular complexity index is 690. The van der Waals surface area contributed by atoms with Gasteiger partial charge in [0.2, 0.25) is 0 Å². The minimum absolute atomic E-state index is 0.362. The first-order valence-electron chi connectivity index (χ1n) is 6.65. The molecule has 0 atom stereocenters. The lowest BCUT2D eigenvalue weighted by Gasteiger charge is -2.07. The molecule has 0 radical (unpaired) electrons. The molecule has 3 nitrogen and oxygen atoms in total. The standard InChI is InChI=1S/C17H17FN2O/c1-11-4-9-16(12(2)10-11)13(3)19-20-17(21)14-5-7-15(18)8-6-14/h4-10H,1-3H3,(H,20,21). The van der Waals surface area contributed by atoms with Crippen LogP contribution in [0.15, 0.2) is 47.6 Å². The van der Waals surface area contributed by atoms with Crippen molar-refractivity contribution in [1.29, 1.82) is 0 Å². The Hall–Kier alpha value is -2.49. The number of rotatable bonds is 3. The number of benzene rings is 2. The fraction of sp³-hybridized carbons (Fsp3) is 0.176. The first-order chi connectivity index (χ1) is 9.97. The van der Waals surface area contributed by atoms with E-state index in [0.29, 0.717) is 5.56 Å². The van der Waals surface area contributed by atoms with Crippen LogP contribution in [0.4, 0.5) is 4.39 Å². The number of halogens is 1. The van der Waals surface area contributed by atoms with Crippen molar-refractivity contribution in [3.05, 3.63) is 70.5 Å². The first-order valence-corrected chi connectivity index (χ1v) is 6.65. The summed E-state index contributed by atoms with van der Waals surface area (Å²) < 4.78 is 12.8. The summed E-state index contributed by atoms with van der Waals surface area (Å²) >= 11 is 0. The summed E-state index contributed by atoms with van der Waals surface area (Å²) in [6.45, 7) is 5.87. The van der Waals surface area contributed by atoms with Crippen LogP contribution in [0.1, 0.15) is 34.0 Å². The Balaban J connectivity index is 2.12. The number of carbonyl (C=O) groups is 1. The zero-order chi connectivity index (χ0) is 15.4. The molecule has 0 spiro atoms. The maximum Gasteiger partial charge on any atom is 0.271 e. The van der Waals surface area contributed by atoms with E-state index in [1.807, 2.05) is 32.9 Å². The summed E-state index contributed by atoms with van der Waals surface area (Å²) in [5.74, 6) is -0.736. The van der Waals surface area contributed by atoms with Crippen LogP contribution in [0.25, 0.3) is 0 Å². The molecule has 1 amide bonds. The molecule has 2 rings (SSSR count). The van der Waals surface area contributed by atoms with Crippen molar-refractivity contribution in [3.63, 3.8) is 0 Å². The van der Waals surface area contributed by atoms with Gasteiger partial charge in [-0.3, -0.25) is 4.79 Å². The van der Waals surface area contributed by atoms with Crippen LogP contribution >= 0.6 is 0 Å². The van der Waals surface area contributed by atoms with Crippen molar-refractivity contribution in [1.82, 2.24) is 5.43 Å². The number of amides is 1. The summed E-state index contributed by atoms with van der Waals surface area (Å²) in [4.78, 5) is 11.9. The topological polar surface area (TPSA) is 41.5 Å². The van der Waals surface area contributed by atoms with Gasteiger partial charge in [0.05, 0.1) is 5.71 Å². The van der Waals surface area contributed by atoms with Gasteiger partial charge in [-0.15, -0.1) is 0 Å². The lowest BCUT2D eigenvalue weighted by molar-refractivity contribution is 0.0955. The van der Waals surface area contributed by atoms with E-state index in [-0.39, 0.29) is 11.7 Å². The third-order valence-electron chi connectivity index (χ3n) is 3.20. The van der Waals surface area contributed by atoms with Gasteiger partial charge in [0.1, 0.15) is 5.82 Å². The van der Waals surface area contributed by atoms with Gasteiger partial charge in [-0.05, 0) is 50.6 Å². The van der Waals surface area contributed by atoms with Gasteiger partial charge < -0.3 is 0 Å². The predicted octanol–water partition coefficient (Wildman–Crippen LogP) is 3.60. The van der Waals surface area contributed by atoms with Gasteiger partial charge in [-0.1, -0.05) is 23.8 Å². The fourth-order valence-corrected chi connectivity index (χ4v) is 2.08. The monoisotopic (exact) mass is 284 g/mol. The largest absolute Gasteiger partial charge is 0.271 e. The van der Waals surface area contributed by atoms with Crippen molar-refractivity contribution < 1.29 is 9.18 Å². The van der Waals surface area contributed by atoms with Crippen molar-refractivity contribution >= 4 is 11.6 Å². The Labute approximate surface area is 123 Å². The number of nitrogens with one attached hydrogen (secondary N) is 1. The van der Waals surface area contributed by atoms with Crippen LogP contribution in [0.3, 0.4) is 0 Å². The second kappa shape index (κ2) is 6.31. The number of aryl methyl sites for hydroxylation is 2. The first kappa shape index (κ1) is 14.9. The number of hydrogen-bond donors (Lipinski definition) is 1. The molecule has 0 aromatic heterocycles. The van der Waals surface area contributed by atoms with Gasteiger partial charge in [0, 0.05) is 11.1 Å². The highest BCUT2D eigenvalue weighted by Gasteiger charge is 2.06. The van der Waals surface area contributed by atoms with E-state index >= 15 is 0 Å². The average molecular weight is 284 g/mol. The van der Waals surface area contributed by atoms with Crippen molar-refractivity contribution in [2.24, 2.45) is 5.10 Å². The van der Waals surface area contributed by atoms with E-state index in [0.717, 1.165) is 16.8 Å². The number of hydrogen-bond acceptors (Lipinski definition) is 2. The summed E-state index contributed by atoms with van der Waals surface area (Å²) in [6.07, 6.45) is 0. The minimum Gasteiger partial charge on any atom is -0.267 e. The molecule has 0 aliphatic rings. The van der Waals surface area contributed by atoms with E-state index in [9.17, 15) is 9.18 Å². The van der Waals surface area contributed by atoms with Crippen LogP contribution in [-0.4, -0.2) is 11.6 Å². The lowest BCUT2D eigenvalue weighted by Crippen LogP contribution is -2.19. The molecule has 0 heterocycles. The Morgan fingerprint density at radius 2 is 1.76 bits per heavy atom. The SMILES string of the molecule is CC(=NNC(=O)c1ccc(F)cc1)c1ccc(C)cc1C. The molecule has 108 valence electrons. The van der Waals surface area contributed by atoms with Crippen LogP contribution < -0.4 is 5.43 Å². The molecule has 0 saturated carbocycles. The normalized spacial score (nSPS) is 11.3. The molecule has 0 fully saturated rings. The zero-order valence-corrected chi connectivity index (χ0v) is 12.3. The van der Waals surface area contributed by atoms with E-state index in [1.165, 1.54) is 29.8 Å². The molecular formula is C17H17FN2O. The third kappa shape index (κ3) is 3.75. The Morgan fingerprint density at radius 3 is 2.38 bits per heavy atom. The Kier molecular flexibility index (Phi) is 4.48. The van der Waals surface area contributed by atoms with Crippen LogP contribution in [0, 0.1) is 19.7 Å². The van der Waals surface area contributed by atoms with Gasteiger partial charge >= 0.3 is 0 Å². The summed E-state index contributed by atoms with van der Waals surface area (Å²) in [5, 5.41) is 4.11. The molecule has 4 heteroatoms. The number of carbonyl (C=O) groups excluding carboxylic acids is 1. The zero-order valence-electron chi connectivity index (χ0n) is 12.3. The lowest BCUT2D eigenvalue weighted by atomic mass is 10.0. The number of nitrogens with zero attached hydrogens (tertiary/aromatic N) is 1. The van der Waals surface area contributed by atoms with E-state index in [4.69, 9.17) is 0 Å². The molecule has 0 aliphatic carbocycles. The second-order valence-corrected chi connectivity index (χ2v) is 4.96. The van der Waals surface area contributed by atoms with Crippen LogP contribution in [-0.2, 0) is 0 Å². The fourth-order valence-electron chi connectivity index (χ4n) is 2.08. The van der Waals surface area contributed by atoms with Crippen LogP contribution in [0.2, 0.25) is 0 Å². The summed E-state index contributed by atoms with van der Waals surface area (Å²) in [5.41, 5.74) is 6.85. The van der Waals surface area contributed by atoms with Gasteiger partial charge in [-0.2, -0.15) is 5.10 Å². The van der Waals surface area contributed by atoms with Crippen molar-refractivity contribution in [3.8, 4) is 0 Å². The second-order valence-electron chi connectivity index (χ2n) is 4.96. The Morgan fingerprint density at radius 1 is 1.10 bits per heavy atom. The van der Waals surface area contributed by atoms with Crippen molar-refractivity contribution in [2.45, 2.75) is 20.8 Å². The van der Waals surface area contributed by atoms with E-state index in [1.54, 1.807) is 0 Å². The smallest absolute Gasteiger partial charge is 0.267 e. The molecule has 2 aromatic carbocycles. The van der Waals surface area contributed by atoms with Gasteiger partial charge in [0.15, 0.2) is 0 Å².